The van der Waals surface area contributed by atoms with Crippen molar-refractivity contribution in [2.45, 2.75) is 58.3 Å². The van der Waals surface area contributed by atoms with Gasteiger partial charge in [-0.1, -0.05) is 51.9 Å². The number of rotatable bonds is 9. The average molecular weight is 204 g/mol. The smallest absolute Gasteiger partial charge is 0.0694 e. The molecule has 0 aromatic carbocycles. The van der Waals surface area contributed by atoms with Crippen molar-refractivity contribution in [3.05, 3.63) is 0 Å². The lowest BCUT2D eigenvalue weighted by molar-refractivity contribution is 0.586. The first-order chi connectivity index (χ1) is 5.91. The third-order valence-corrected chi connectivity index (χ3v) is 4.12. The van der Waals surface area contributed by atoms with Gasteiger partial charge in [0.2, 0.25) is 0 Å². The van der Waals surface area contributed by atoms with Crippen LogP contribution in [-0.4, -0.2) is 15.1 Å². The quantitative estimate of drug-likeness (QED) is 0.411. The molecule has 0 N–H and O–H groups in total. The van der Waals surface area contributed by atoms with Gasteiger partial charge in [0.15, 0.2) is 0 Å². The molecule has 0 aliphatic carbocycles. The van der Waals surface area contributed by atoms with Crippen molar-refractivity contribution in [1.29, 1.82) is 0 Å². The van der Waals surface area contributed by atoms with Crippen molar-refractivity contribution in [3.8, 4) is 0 Å². The van der Waals surface area contributed by atoms with Gasteiger partial charge in [-0.25, -0.2) is 0 Å². The molecule has 12 heavy (non-hydrogen) atoms. The van der Waals surface area contributed by atoms with Crippen molar-refractivity contribution < 1.29 is 0 Å². The summed E-state index contributed by atoms with van der Waals surface area (Å²) in [5.41, 5.74) is 0. The van der Waals surface area contributed by atoms with Gasteiger partial charge in [0.1, 0.15) is 0 Å². The summed E-state index contributed by atoms with van der Waals surface area (Å²) in [6, 6.07) is 0. The number of unbranched alkanes of at least 4 members (excludes halogenated alkanes) is 7. The van der Waals surface area contributed by atoms with Crippen molar-refractivity contribution in [1.82, 2.24) is 0 Å². The minimum absolute atomic E-state index is 1.33. The summed E-state index contributed by atoms with van der Waals surface area (Å²) in [6.07, 6.45) is 11.6. The van der Waals surface area contributed by atoms with Crippen LogP contribution in [0.3, 0.4) is 0 Å². The third-order valence-electron chi connectivity index (χ3n) is 2.20. The molecule has 0 aromatic rings. The predicted molar refractivity (Wildman–Crippen MR) is 65.0 cm³/mol. The van der Waals surface area contributed by atoms with Crippen LogP contribution in [0.1, 0.15) is 58.3 Å². The van der Waals surface area contributed by atoms with Gasteiger partial charge in [-0.3, -0.25) is 0 Å². The van der Waals surface area contributed by atoms with Crippen molar-refractivity contribution in [2.75, 3.05) is 5.75 Å². The Morgan fingerprint density at radius 1 is 0.833 bits per heavy atom. The fourth-order valence-electron chi connectivity index (χ4n) is 1.38. The molecule has 0 aliphatic heterocycles. The molecule has 0 aliphatic rings. The Bertz CT molecular complexity index is 66.2. The second-order valence-electron chi connectivity index (χ2n) is 3.47. The van der Waals surface area contributed by atoms with E-state index in [1.165, 1.54) is 66.5 Å². The van der Waals surface area contributed by atoms with Crippen LogP contribution in [0.25, 0.3) is 0 Å². The summed E-state index contributed by atoms with van der Waals surface area (Å²) in [7, 11) is 1.33. The molecular weight excluding hydrogens is 180 g/mol. The lowest BCUT2D eigenvalue weighted by Crippen LogP contribution is -1.82. The van der Waals surface area contributed by atoms with E-state index in [0.29, 0.717) is 0 Å². The fraction of sp³-hybridized carbons (Fsp3) is 1.00. The van der Waals surface area contributed by atoms with E-state index in [4.69, 9.17) is 0 Å². The molecule has 0 fully saturated rings. The van der Waals surface area contributed by atoms with Gasteiger partial charge >= 0.3 is 0 Å². The maximum Gasteiger partial charge on any atom is 0.0694 e. The zero-order valence-corrected chi connectivity index (χ0v) is 11.6. The van der Waals surface area contributed by atoms with Crippen LogP contribution in [0.15, 0.2) is 0 Å². The summed E-state index contributed by atoms with van der Waals surface area (Å²) in [4.78, 5) is 0. The molecular formula is C10H24SSi. The van der Waals surface area contributed by atoms with Crippen molar-refractivity contribution in [3.63, 3.8) is 0 Å². The first-order valence-corrected chi connectivity index (χ1v) is 9.25. The predicted octanol–water partition coefficient (Wildman–Crippen LogP) is 3.14. The van der Waals surface area contributed by atoms with Gasteiger partial charge in [-0.05, 0) is 12.2 Å². The molecule has 0 heterocycles. The van der Waals surface area contributed by atoms with E-state index in [9.17, 15) is 0 Å². The van der Waals surface area contributed by atoms with Gasteiger partial charge in [0.25, 0.3) is 0 Å². The highest BCUT2D eigenvalue weighted by Gasteiger charge is 1.90. The Morgan fingerprint density at radius 2 is 1.33 bits per heavy atom. The van der Waals surface area contributed by atoms with E-state index in [1.807, 2.05) is 0 Å². The Morgan fingerprint density at radius 3 is 1.83 bits per heavy atom. The lowest BCUT2D eigenvalue weighted by Gasteiger charge is -1.99. The zero-order chi connectivity index (χ0) is 9.07. The molecule has 0 unspecified atom stereocenters. The van der Waals surface area contributed by atoms with Crippen LogP contribution in [-0.2, 0) is 0 Å². The van der Waals surface area contributed by atoms with E-state index in [0.717, 1.165) is 0 Å². The molecule has 2 heteroatoms. The fourth-order valence-corrected chi connectivity index (χ4v) is 2.74. The summed E-state index contributed by atoms with van der Waals surface area (Å²) in [5, 5.41) is 0. The third kappa shape index (κ3) is 10.6. The monoisotopic (exact) mass is 204 g/mol. The SMILES string of the molecule is CCCCCCCCCCS[SiH3]. The molecule has 0 bridgehead atoms. The largest absolute Gasteiger partial charge is 0.198 e. The first kappa shape index (κ1) is 12.6. The number of hydrogen-bond donors (Lipinski definition) is 0. The van der Waals surface area contributed by atoms with Gasteiger partial charge < -0.3 is 0 Å². The normalized spacial score (nSPS) is 10.8. The maximum atomic E-state index is 2.28. The molecule has 0 aromatic heterocycles. The molecule has 0 atom stereocenters. The Balaban J connectivity index is 2.73. The van der Waals surface area contributed by atoms with Crippen LogP contribution < -0.4 is 0 Å². The van der Waals surface area contributed by atoms with E-state index in [2.05, 4.69) is 18.1 Å². The van der Waals surface area contributed by atoms with Crippen LogP contribution in [0, 0.1) is 0 Å². The van der Waals surface area contributed by atoms with E-state index >= 15 is 0 Å². The molecule has 0 amide bonds. The topological polar surface area (TPSA) is 0 Å². The van der Waals surface area contributed by atoms with Crippen LogP contribution in [0.5, 0.6) is 0 Å². The molecule has 0 radical (unpaired) electrons. The minimum Gasteiger partial charge on any atom is -0.198 e. The van der Waals surface area contributed by atoms with Gasteiger partial charge in [-0.15, -0.1) is 0 Å². The summed E-state index contributed by atoms with van der Waals surface area (Å²) in [6.45, 7) is 2.28. The second-order valence-corrected chi connectivity index (χ2v) is 6.19. The Labute approximate surface area is 85.0 Å². The number of hydrogen-bond acceptors (Lipinski definition) is 1. The summed E-state index contributed by atoms with van der Waals surface area (Å²) in [5.74, 6) is 1.42. The highest BCUT2D eigenvalue weighted by atomic mass is 32.4. The lowest BCUT2D eigenvalue weighted by atomic mass is 10.1. The van der Waals surface area contributed by atoms with Crippen LogP contribution in [0.2, 0.25) is 0 Å². The second kappa shape index (κ2) is 11.6. The molecule has 74 valence electrons. The molecule has 0 rings (SSSR count). The summed E-state index contributed by atoms with van der Waals surface area (Å²) >= 11 is 2.11. The molecule has 0 saturated carbocycles. The average Bonchev–Trinajstić information content (AvgIpc) is 2.10. The zero-order valence-electron chi connectivity index (χ0n) is 8.77. The van der Waals surface area contributed by atoms with Crippen molar-refractivity contribution >= 4 is 20.6 Å². The minimum atomic E-state index is 1.33. The van der Waals surface area contributed by atoms with Gasteiger partial charge in [-0.2, -0.15) is 11.2 Å². The van der Waals surface area contributed by atoms with E-state index in [-0.39, 0.29) is 0 Å². The maximum absolute atomic E-state index is 2.28. The highest BCUT2D eigenvalue weighted by molar-refractivity contribution is 8.19. The van der Waals surface area contributed by atoms with Crippen LogP contribution in [0.4, 0.5) is 0 Å². The Kier molecular flexibility index (Phi) is 12.1. The van der Waals surface area contributed by atoms with Crippen molar-refractivity contribution in [2.24, 2.45) is 0 Å². The Hall–Kier alpha value is 0.567. The standard InChI is InChI=1S/C10H24SSi/c1-2-3-4-5-6-7-8-9-10-11-12/h2-10H2,1,12H3. The van der Waals surface area contributed by atoms with Crippen LogP contribution >= 0.6 is 11.2 Å². The molecule has 0 spiro atoms. The van der Waals surface area contributed by atoms with Gasteiger partial charge in [0.05, 0.1) is 9.39 Å². The van der Waals surface area contributed by atoms with E-state index < -0.39 is 0 Å². The molecule has 0 saturated heterocycles. The summed E-state index contributed by atoms with van der Waals surface area (Å²) < 4.78 is 0. The molecule has 0 nitrogen and oxygen atoms in total. The highest BCUT2D eigenvalue weighted by Crippen LogP contribution is 2.09. The first-order valence-electron chi connectivity index (χ1n) is 5.40. The van der Waals surface area contributed by atoms with E-state index in [1.54, 1.807) is 0 Å². The van der Waals surface area contributed by atoms with Gasteiger partial charge in [0, 0.05) is 0 Å².